The summed E-state index contributed by atoms with van der Waals surface area (Å²) in [4.78, 5) is 40.6. The molecule has 1 aliphatic rings. The number of anilines is 2. The minimum atomic E-state index is -5.03. The zero-order valence-corrected chi connectivity index (χ0v) is 17.4. The first-order valence-electron chi connectivity index (χ1n) is 9.70. The van der Waals surface area contributed by atoms with E-state index >= 15 is 0 Å². The van der Waals surface area contributed by atoms with Crippen LogP contribution in [0.2, 0.25) is 0 Å². The van der Waals surface area contributed by atoms with Crippen LogP contribution in [0, 0.1) is 5.92 Å². The molecule has 3 heterocycles. The van der Waals surface area contributed by atoms with E-state index in [9.17, 15) is 41.0 Å². The van der Waals surface area contributed by atoms with Crippen LogP contribution in [0.1, 0.15) is 24.0 Å². The summed E-state index contributed by atoms with van der Waals surface area (Å²) in [5.41, 5.74) is -1.58. The number of hydroxylamine groups is 1. The molecule has 2 atom stereocenters. The molecule has 0 bridgehead atoms. The van der Waals surface area contributed by atoms with E-state index in [4.69, 9.17) is 0 Å². The molecular weight excluding hydrogens is 496 g/mol. The maximum absolute atomic E-state index is 12.9. The van der Waals surface area contributed by atoms with Gasteiger partial charge < -0.3 is 10.0 Å². The van der Waals surface area contributed by atoms with E-state index in [-0.39, 0.29) is 31.9 Å². The van der Waals surface area contributed by atoms with Crippen molar-refractivity contribution in [2.45, 2.75) is 31.3 Å². The highest BCUT2D eigenvalue weighted by Gasteiger charge is 2.38. The van der Waals surface area contributed by atoms with Gasteiger partial charge in [-0.2, -0.15) is 31.4 Å². The smallest absolute Gasteiger partial charge is 0.391 e. The molecule has 0 radical (unpaired) electrons. The summed E-state index contributed by atoms with van der Waals surface area (Å²) >= 11 is 0. The number of carbonyl (C=O) groups is 1. The van der Waals surface area contributed by atoms with E-state index in [0.29, 0.717) is 18.6 Å². The van der Waals surface area contributed by atoms with Crippen LogP contribution < -0.4 is 21.4 Å². The molecular formula is C17H17F6N7O5. The molecule has 12 nitrogen and oxygen atoms in total. The van der Waals surface area contributed by atoms with E-state index in [1.54, 1.807) is 16.1 Å². The zero-order chi connectivity index (χ0) is 25.8. The highest BCUT2D eigenvalue weighted by Crippen LogP contribution is 2.31. The summed E-state index contributed by atoms with van der Waals surface area (Å²) < 4.78 is 76.6. The molecule has 18 heteroatoms. The highest BCUT2D eigenvalue weighted by molar-refractivity contribution is 5.75. The fourth-order valence-corrected chi connectivity index (χ4v) is 3.20. The second-order valence-corrected chi connectivity index (χ2v) is 7.32. The van der Waals surface area contributed by atoms with Gasteiger partial charge >= 0.3 is 12.4 Å². The van der Waals surface area contributed by atoms with Crippen LogP contribution in [-0.2, 0) is 27.1 Å². The number of H-pyrrole nitrogens is 1. The third-order valence-electron chi connectivity index (χ3n) is 4.91. The van der Waals surface area contributed by atoms with Crippen LogP contribution in [-0.4, -0.2) is 50.4 Å². The van der Waals surface area contributed by atoms with Crippen molar-refractivity contribution < 1.29 is 46.2 Å². The average molecular weight is 513 g/mol. The molecule has 0 unspecified atom stereocenters. The van der Waals surface area contributed by atoms with Gasteiger partial charge in [0.15, 0.2) is 0 Å². The Labute approximate surface area is 191 Å². The van der Waals surface area contributed by atoms with E-state index in [0.717, 1.165) is 0 Å². The Morgan fingerprint density at radius 1 is 1.14 bits per heavy atom. The third kappa shape index (κ3) is 6.76. The number of nitrogens with zero attached hydrogens (tertiary/aromatic N) is 4. The van der Waals surface area contributed by atoms with Crippen molar-refractivity contribution >= 4 is 17.5 Å². The van der Waals surface area contributed by atoms with Crippen LogP contribution >= 0.6 is 0 Å². The van der Waals surface area contributed by atoms with E-state index in [1.807, 2.05) is 0 Å². The average Bonchev–Trinajstić information content (AvgIpc) is 2.77. The maximum atomic E-state index is 12.9. The lowest BCUT2D eigenvalue weighted by Crippen LogP contribution is -2.46. The van der Waals surface area contributed by atoms with Gasteiger partial charge in [0.05, 0.1) is 17.9 Å². The van der Waals surface area contributed by atoms with Crippen LogP contribution in [0.4, 0.5) is 38.0 Å². The minimum absolute atomic E-state index is 0.0183. The topological polar surface area (TPSA) is 155 Å². The summed E-state index contributed by atoms with van der Waals surface area (Å²) in [6, 6.07) is 0. The Morgan fingerprint density at radius 3 is 2.43 bits per heavy atom. The van der Waals surface area contributed by atoms with Gasteiger partial charge in [-0.15, -0.1) is 0 Å². The lowest BCUT2D eigenvalue weighted by atomic mass is 9.91. The number of carbonyl (C=O) groups excluding carboxylic acids is 1. The Morgan fingerprint density at radius 2 is 1.83 bits per heavy atom. The predicted octanol–water partition coefficient (Wildman–Crippen LogP) is 1.18. The molecule has 2 aromatic rings. The number of hydrogen-bond acceptors (Lipinski definition) is 10. The van der Waals surface area contributed by atoms with Crippen molar-refractivity contribution in [2.24, 2.45) is 5.92 Å². The number of rotatable bonds is 7. The Bertz CT molecular complexity index is 1080. The first kappa shape index (κ1) is 26.1. The summed E-state index contributed by atoms with van der Waals surface area (Å²) in [6.07, 6.45) is -8.86. The van der Waals surface area contributed by atoms with Crippen molar-refractivity contribution in [2.75, 3.05) is 23.5 Å². The number of nitrogens with one attached hydrogen (secondary N) is 3. The lowest BCUT2D eigenvalue weighted by molar-refractivity contribution is -0.310. The third-order valence-corrected chi connectivity index (χ3v) is 4.91. The number of alkyl halides is 6. The Kier molecular flexibility index (Phi) is 7.76. The molecule has 35 heavy (non-hydrogen) atoms. The monoisotopic (exact) mass is 513 g/mol. The number of aliphatic hydroxyl groups excluding tert-OH is 1. The summed E-state index contributed by atoms with van der Waals surface area (Å²) in [6.45, 7) is 0.174. The van der Waals surface area contributed by atoms with Crippen molar-refractivity contribution in [3.05, 3.63) is 40.1 Å². The molecule has 2 aromatic heterocycles. The van der Waals surface area contributed by atoms with Gasteiger partial charge in [0.2, 0.25) is 11.9 Å². The number of amides is 1. The van der Waals surface area contributed by atoms with Crippen molar-refractivity contribution in [3.63, 3.8) is 0 Å². The lowest BCUT2D eigenvalue weighted by Gasteiger charge is -2.35. The van der Waals surface area contributed by atoms with Crippen LogP contribution in [0.15, 0.2) is 23.4 Å². The van der Waals surface area contributed by atoms with E-state index in [1.165, 1.54) is 4.90 Å². The van der Waals surface area contributed by atoms with Crippen LogP contribution in [0.3, 0.4) is 0 Å². The number of piperidine rings is 1. The zero-order valence-electron chi connectivity index (χ0n) is 17.4. The van der Waals surface area contributed by atoms with Gasteiger partial charge in [0.1, 0.15) is 11.3 Å². The SMILES string of the molecule is O=C(C[C@H]1CCN(c2ncc(C(F)(F)F)cn2)C[C@@H]1O)NOONc1cn[nH]c(=O)c1C(F)(F)F. The maximum Gasteiger partial charge on any atom is 0.423 e. The molecule has 1 saturated heterocycles. The quantitative estimate of drug-likeness (QED) is 0.184. The van der Waals surface area contributed by atoms with Gasteiger partial charge in [0, 0.05) is 31.9 Å². The number of hydrogen-bond donors (Lipinski definition) is 4. The van der Waals surface area contributed by atoms with Gasteiger partial charge in [-0.3, -0.25) is 9.59 Å². The summed E-state index contributed by atoms with van der Waals surface area (Å²) in [5, 5.41) is 15.1. The standard InChI is InChI=1S/C17H17F6N7O5/c18-16(19,20)9-4-24-15(25-5-9)30-2-1-8(11(31)7-30)3-12(32)29-35-34-28-10-6-26-27-14(33)13(10)17(21,22)23/h4-6,8,11,31H,1-3,7H2,(H,29,32)(H2,27,28,33)/t8-,11+/m1/s1. The molecule has 3 rings (SSSR count). The van der Waals surface area contributed by atoms with E-state index < -0.39 is 52.7 Å². The number of aromatic amines is 1. The molecule has 1 aliphatic heterocycles. The van der Waals surface area contributed by atoms with Crippen LogP contribution in [0.25, 0.3) is 0 Å². The van der Waals surface area contributed by atoms with Gasteiger partial charge in [-0.25, -0.2) is 26.0 Å². The van der Waals surface area contributed by atoms with Crippen LogP contribution in [0.5, 0.6) is 0 Å². The molecule has 0 spiro atoms. The van der Waals surface area contributed by atoms with E-state index in [2.05, 4.69) is 25.0 Å². The van der Waals surface area contributed by atoms with Gasteiger partial charge in [0.25, 0.3) is 5.56 Å². The molecule has 1 fully saturated rings. The van der Waals surface area contributed by atoms with Crippen molar-refractivity contribution in [1.82, 2.24) is 25.6 Å². The largest absolute Gasteiger partial charge is 0.423 e. The Hall–Kier alpha value is -3.51. The highest BCUT2D eigenvalue weighted by atomic mass is 19.4. The van der Waals surface area contributed by atoms with Crippen molar-refractivity contribution in [1.29, 1.82) is 0 Å². The summed E-state index contributed by atoms with van der Waals surface area (Å²) in [5.74, 6) is -1.39. The molecule has 4 N–H and O–H groups in total. The number of aliphatic hydroxyl groups is 1. The first-order valence-corrected chi connectivity index (χ1v) is 9.70. The second-order valence-electron chi connectivity index (χ2n) is 7.32. The normalized spacial score (nSPS) is 18.9. The van der Waals surface area contributed by atoms with Crippen molar-refractivity contribution in [3.8, 4) is 0 Å². The Balaban J connectivity index is 1.45. The van der Waals surface area contributed by atoms with Gasteiger partial charge in [-0.1, -0.05) is 9.98 Å². The second kappa shape index (κ2) is 10.4. The van der Waals surface area contributed by atoms with Gasteiger partial charge in [-0.05, 0) is 12.3 Å². The molecule has 0 saturated carbocycles. The molecule has 0 aromatic carbocycles. The fraction of sp³-hybridized carbons (Fsp3) is 0.471. The summed E-state index contributed by atoms with van der Waals surface area (Å²) in [7, 11) is 0. The minimum Gasteiger partial charge on any atom is -0.391 e. The molecule has 1 amide bonds. The number of halogens is 6. The predicted molar refractivity (Wildman–Crippen MR) is 102 cm³/mol. The first-order chi connectivity index (χ1) is 16.4. The number of aromatic nitrogens is 4. The molecule has 0 aliphatic carbocycles. The number of β-amino-alcohol motifs (C(OH)–C–C–N with tert-alkyl or cyclic N) is 1. The molecule has 192 valence electrons. The fourth-order valence-electron chi connectivity index (χ4n) is 3.20.